The summed E-state index contributed by atoms with van der Waals surface area (Å²) in [5.74, 6) is 0.469. The maximum Gasteiger partial charge on any atom is 0.125 e. The second kappa shape index (κ2) is 7.23. The molecule has 1 saturated heterocycles. The molecule has 148 valence electrons. The van der Waals surface area contributed by atoms with E-state index in [1.807, 2.05) is 6.07 Å². The highest BCUT2D eigenvalue weighted by atomic mass is 35.5. The predicted molar refractivity (Wildman–Crippen MR) is 114 cm³/mol. The van der Waals surface area contributed by atoms with Crippen LogP contribution >= 0.6 is 11.6 Å². The molecule has 3 aliphatic rings. The summed E-state index contributed by atoms with van der Waals surface area (Å²) in [6.45, 7) is 5.45. The van der Waals surface area contributed by atoms with Crippen molar-refractivity contribution in [3.63, 3.8) is 0 Å². The zero-order chi connectivity index (χ0) is 19.3. The van der Waals surface area contributed by atoms with Gasteiger partial charge in [0, 0.05) is 17.6 Å². The number of benzene rings is 2. The molecule has 2 unspecified atom stereocenters. The standard InChI is InChI=1S/C23H27ClFN3/c1-15-5-6-18-12-20(25)13-21-23(18)28(15)22(26-21)14-27-9-7-16(8-10-27)17-3-2-4-19(24)11-17/h2-4,11-13,15-16,22,26H,5-10,14H2,1H3. The van der Waals surface area contributed by atoms with Gasteiger partial charge in [-0.25, -0.2) is 4.39 Å². The lowest BCUT2D eigenvalue weighted by Crippen LogP contribution is -2.51. The van der Waals surface area contributed by atoms with Gasteiger partial charge in [0.05, 0.1) is 11.4 Å². The Hall–Kier alpha value is -1.78. The Kier molecular flexibility index (Phi) is 4.72. The van der Waals surface area contributed by atoms with Crippen LogP contribution < -0.4 is 10.2 Å². The van der Waals surface area contributed by atoms with E-state index < -0.39 is 0 Å². The van der Waals surface area contributed by atoms with Crippen LogP contribution in [0.1, 0.15) is 43.2 Å². The van der Waals surface area contributed by atoms with E-state index in [-0.39, 0.29) is 12.0 Å². The van der Waals surface area contributed by atoms with E-state index in [1.54, 1.807) is 12.1 Å². The van der Waals surface area contributed by atoms with Crippen molar-refractivity contribution in [2.45, 2.75) is 50.7 Å². The summed E-state index contributed by atoms with van der Waals surface area (Å²) in [5, 5.41) is 4.44. The highest BCUT2D eigenvalue weighted by molar-refractivity contribution is 6.30. The lowest BCUT2D eigenvalue weighted by molar-refractivity contribution is 0.202. The van der Waals surface area contributed by atoms with E-state index in [2.05, 4.69) is 40.2 Å². The number of anilines is 2. The van der Waals surface area contributed by atoms with Crippen molar-refractivity contribution in [2.24, 2.45) is 0 Å². The lowest BCUT2D eigenvalue weighted by atomic mass is 9.89. The third-order valence-corrected chi connectivity index (χ3v) is 6.95. The predicted octanol–water partition coefficient (Wildman–Crippen LogP) is 5.25. The molecular weight excluding hydrogens is 373 g/mol. The first-order valence-electron chi connectivity index (χ1n) is 10.4. The molecule has 2 aromatic carbocycles. The van der Waals surface area contributed by atoms with Crippen LogP contribution in [0.5, 0.6) is 0 Å². The minimum Gasteiger partial charge on any atom is -0.362 e. The van der Waals surface area contributed by atoms with Crippen LogP contribution in [0.2, 0.25) is 5.02 Å². The van der Waals surface area contributed by atoms with E-state index in [4.69, 9.17) is 11.6 Å². The fourth-order valence-corrected chi connectivity index (χ4v) is 5.48. The molecule has 3 nitrogen and oxygen atoms in total. The molecule has 3 aliphatic heterocycles. The molecule has 5 heteroatoms. The third-order valence-electron chi connectivity index (χ3n) is 6.71. The Morgan fingerprint density at radius 3 is 2.75 bits per heavy atom. The molecule has 1 fully saturated rings. The first-order chi connectivity index (χ1) is 13.6. The minimum absolute atomic E-state index is 0.126. The maximum atomic E-state index is 14.0. The molecule has 0 radical (unpaired) electrons. The Morgan fingerprint density at radius 2 is 1.96 bits per heavy atom. The van der Waals surface area contributed by atoms with Gasteiger partial charge in [0.2, 0.25) is 0 Å². The SMILES string of the molecule is CC1CCc2cc(F)cc3c2N1C(CN1CCC(c2cccc(Cl)c2)CC1)N3. The monoisotopic (exact) mass is 399 g/mol. The summed E-state index contributed by atoms with van der Waals surface area (Å²) in [6, 6.07) is 12.2. The van der Waals surface area contributed by atoms with E-state index in [1.165, 1.54) is 11.3 Å². The number of hydrogen-bond acceptors (Lipinski definition) is 3. The molecule has 0 spiro atoms. The quantitative estimate of drug-likeness (QED) is 0.760. The average molecular weight is 400 g/mol. The van der Waals surface area contributed by atoms with Gasteiger partial charge in [-0.15, -0.1) is 0 Å². The summed E-state index contributed by atoms with van der Waals surface area (Å²) in [5.41, 5.74) is 4.73. The largest absolute Gasteiger partial charge is 0.362 e. The zero-order valence-corrected chi connectivity index (χ0v) is 17.1. The van der Waals surface area contributed by atoms with Gasteiger partial charge in [-0.1, -0.05) is 23.7 Å². The van der Waals surface area contributed by atoms with Crippen LogP contribution in [0.25, 0.3) is 0 Å². The number of hydrogen-bond donors (Lipinski definition) is 1. The number of likely N-dealkylation sites (tertiary alicyclic amines) is 1. The smallest absolute Gasteiger partial charge is 0.125 e. The molecule has 2 aromatic rings. The minimum atomic E-state index is -0.126. The first kappa shape index (κ1) is 18.3. The molecule has 1 N–H and O–H groups in total. The van der Waals surface area contributed by atoms with Crippen LogP contribution in [0.3, 0.4) is 0 Å². The molecule has 28 heavy (non-hydrogen) atoms. The molecule has 5 rings (SSSR count). The first-order valence-corrected chi connectivity index (χ1v) is 10.8. The van der Waals surface area contributed by atoms with Gasteiger partial charge in [0.15, 0.2) is 0 Å². The van der Waals surface area contributed by atoms with Gasteiger partial charge in [0.25, 0.3) is 0 Å². The molecule has 2 atom stereocenters. The highest BCUT2D eigenvalue weighted by Crippen LogP contribution is 2.44. The Morgan fingerprint density at radius 1 is 1.14 bits per heavy atom. The van der Waals surface area contributed by atoms with Gasteiger partial charge >= 0.3 is 0 Å². The van der Waals surface area contributed by atoms with Crippen molar-refractivity contribution >= 4 is 23.0 Å². The van der Waals surface area contributed by atoms with Crippen LogP contribution in [0.15, 0.2) is 36.4 Å². The van der Waals surface area contributed by atoms with Gasteiger partial charge in [-0.3, -0.25) is 4.90 Å². The lowest BCUT2D eigenvalue weighted by Gasteiger charge is -2.40. The third kappa shape index (κ3) is 3.27. The van der Waals surface area contributed by atoms with E-state index in [0.717, 1.165) is 61.6 Å². The van der Waals surface area contributed by atoms with Crippen LogP contribution in [-0.2, 0) is 6.42 Å². The Balaban J connectivity index is 1.27. The number of halogens is 2. The normalized spacial score (nSPS) is 24.9. The highest BCUT2D eigenvalue weighted by Gasteiger charge is 2.38. The molecule has 3 heterocycles. The number of rotatable bonds is 3. The molecule has 0 saturated carbocycles. The zero-order valence-electron chi connectivity index (χ0n) is 16.3. The Labute approximate surface area is 171 Å². The fourth-order valence-electron chi connectivity index (χ4n) is 5.28. The van der Waals surface area contributed by atoms with E-state index in [0.29, 0.717) is 12.0 Å². The number of nitrogens with zero attached hydrogens (tertiary/aromatic N) is 2. The molecule has 0 amide bonds. The summed E-state index contributed by atoms with van der Waals surface area (Å²) in [4.78, 5) is 5.05. The van der Waals surface area contributed by atoms with Gasteiger partial charge in [0.1, 0.15) is 12.0 Å². The average Bonchev–Trinajstić information content (AvgIpc) is 3.04. The van der Waals surface area contributed by atoms with Crippen molar-refractivity contribution in [2.75, 3.05) is 29.9 Å². The number of piperidine rings is 1. The van der Waals surface area contributed by atoms with E-state index in [9.17, 15) is 4.39 Å². The topological polar surface area (TPSA) is 18.5 Å². The van der Waals surface area contributed by atoms with Gasteiger partial charge in [-0.2, -0.15) is 0 Å². The van der Waals surface area contributed by atoms with E-state index >= 15 is 0 Å². The fraction of sp³-hybridized carbons (Fsp3) is 0.478. The van der Waals surface area contributed by atoms with Crippen LogP contribution in [0, 0.1) is 5.82 Å². The summed E-state index contributed by atoms with van der Waals surface area (Å²) in [7, 11) is 0. The van der Waals surface area contributed by atoms with Crippen molar-refractivity contribution in [3.8, 4) is 0 Å². The molecule has 0 aromatic heterocycles. The van der Waals surface area contributed by atoms with Crippen LogP contribution in [0.4, 0.5) is 15.8 Å². The number of aryl methyl sites for hydroxylation is 1. The van der Waals surface area contributed by atoms with Gasteiger partial charge in [-0.05, 0) is 87.0 Å². The maximum absolute atomic E-state index is 14.0. The van der Waals surface area contributed by atoms with Crippen molar-refractivity contribution in [1.29, 1.82) is 0 Å². The van der Waals surface area contributed by atoms with Gasteiger partial charge < -0.3 is 10.2 Å². The second-order valence-corrected chi connectivity index (χ2v) is 8.98. The summed E-state index contributed by atoms with van der Waals surface area (Å²) in [6.07, 6.45) is 4.61. The molecule has 0 aliphatic carbocycles. The molecule has 0 bridgehead atoms. The van der Waals surface area contributed by atoms with Crippen molar-refractivity contribution in [1.82, 2.24) is 4.90 Å². The van der Waals surface area contributed by atoms with Crippen LogP contribution in [-0.4, -0.2) is 36.7 Å². The molecular formula is C23H27ClFN3. The summed E-state index contributed by atoms with van der Waals surface area (Å²) < 4.78 is 14.0. The second-order valence-electron chi connectivity index (χ2n) is 8.55. The Bertz CT molecular complexity index is 878. The number of nitrogens with one attached hydrogen (secondary N) is 1. The summed E-state index contributed by atoms with van der Waals surface area (Å²) >= 11 is 6.17. The van der Waals surface area contributed by atoms with Crippen molar-refractivity contribution < 1.29 is 4.39 Å². The van der Waals surface area contributed by atoms with Crippen molar-refractivity contribution in [3.05, 3.63) is 58.4 Å².